The van der Waals surface area contributed by atoms with Crippen LogP contribution in [-0.4, -0.2) is 5.97 Å². The zero-order valence-corrected chi connectivity index (χ0v) is 11.8. The number of anilines is 1. The lowest BCUT2D eigenvalue weighted by atomic mass is 10.1. The highest BCUT2D eigenvalue weighted by Crippen LogP contribution is 2.13. The molecule has 2 N–H and O–H groups in total. The molecule has 2 aromatic rings. The van der Waals surface area contributed by atoms with Crippen molar-refractivity contribution in [2.24, 2.45) is 0 Å². The number of aryl methyl sites for hydroxylation is 2. The molecular weight excluding hydrogens is 250 g/mol. The van der Waals surface area contributed by atoms with Gasteiger partial charge in [-0.1, -0.05) is 35.9 Å². The molecule has 0 bridgehead atoms. The average Bonchev–Trinajstić information content (AvgIpc) is 2.40. The van der Waals surface area contributed by atoms with Gasteiger partial charge in [-0.15, -0.1) is 0 Å². The van der Waals surface area contributed by atoms with Gasteiger partial charge in [0.2, 0.25) is 0 Å². The third kappa shape index (κ3) is 3.85. The van der Waals surface area contributed by atoms with Crippen LogP contribution < -0.4 is 5.73 Å². The first-order valence-electron chi connectivity index (χ1n) is 6.61. The summed E-state index contributed by atoms with van der Waals surface area (Å²) < 4.78 is 5.33. The van der Waals surface area contributed by atoms with Gasteiger partial charge in [0, 0.05) is 5.69 Å². The number of rotatable bonds is 4. The fraction of sp³-hybridized carbons (Fsp3) is 0.235. The van der Waals surface area contributed by atoms with E-state index in [0.717, 1.165) is 22.3 Å². The summed E-state index contributed by atoms with van der Waals surface area (Å²) >= 11 is 0. The molecule has 104 valence electrons. The molecule has 0 fully saturated rings. The molecule has 3 heteroatoms. The lowest BCUT2D eigenvalue weighted by Crippen LogP contribution is -2.09. The molecule has 0 saturated heterocycles. The average molecular weight is 269 g/mol. The van der Waals surface area contributed by atoms with Crippen LogP contribution in [0.4, 0.5) is 5.69 Å². The Kier molecular flexibility index (Phi) is 4.41. The van der Waals surface area contributed by atoms with Crippen LogP contribution in [0, 0.1) is 13.8 Å². The van der Waals surface area contributed by atoms with Crippen LogP contribution in [0.15, 0.2) is 42.5 Å². The summed E-state index contributed by atoms with van der Waals surface area (Å²) in [5.74, 6) is -0.239. The summed E-state index contributed by atoms with van der Waals surface area (Å²) in [4.78, 5) is 11.8. The predicted octanol–water partition coefficient (Wildman–Crippen LogP) is 3.17. The zero-order valence-electron chi connectivity index (χ0n) is 11.8. The molecule has 0 aliphatic carbocycles. The second-order valence-corrected chi connectivity index (χ2v) is 5.01. The number of nitrogen functional groups attached to an aromatic ring is 1. The number of carbonyl (C=O) groups excluding carboxylic acids is 1. The van der Waals surface area contributed by atoms with E-state index in [4.69, 9.17) is 10.5 Å². The molecule has 0 amide bonds. The SMILES string of the molecule is Cc1ccc(C)c(COC(=O)Cc2cccc(N)c2)c1. The first-order chi connectivity index (χ1) is 9.54. The quantitative estimate of drug-likeness (QED) is 0.685. The Labute approximate surface area is 119 Å². The van der Waals surface area contributed by atoms with E-state index in [1.807, 2.05) is 44.2 Å². The lowest BCUT2D eigenvalue weighted by Gasteiger charge is -2.09. The van der Waals surface area contributed by atoms with Gasteiger partial charge < -0.3 is 10.5 Å². The van der Waals surface area contributed by atoms with Crippen LogP contribution in [0.5, 0.6) is 0 Å². The van der Waals surface area contributed by atoms with Crippen LogP contribution in [-0.2, 0) is 22.6 Å². The summed E-state index contributed by atoms with van der Waals surface area (Å²) in [6.45, 7) is 4.35. The van der Waals surface area contributed by atoms with Crippen LogP contribution in [0.1, 0.15) is 22.3 Å². The maximum atomic E-state index is 11.8. The van der Waals surface area contributed by atoms with Crippen LogP contribution in [0.3, 0.4) is 0 Å². The van der Waals surface area contributed by atoms with Crippen molar-refractivity contribution in [2.75, 3.05) is 5.73 Å². The lowest BCUT2D eigenvalue weighted by molar-refractivity contribution is -0.144. The van der Waals surface area contributed by atoms with Crippen molar-refractivity contribution in [1.29, 1.82) is 0 Å². The number of benzene rings is 2. The molecule has 0 atom stereocenters. The van der Waals surface area contributed by atoms with Gasteiger partial charge in [0.05, 0.1) is 6.42 Å². The van der Waals surface area contributed by atoms with Crippen molar-refractivity contribution >= 4 is 11.7 Å². The largest absolute Gasteiger partial charge is 0.461 e. The van der Waals surface area contributed by atoms with E-state index >= 15 is 0 Å². The number of hydrogen-bond donors (Lipinski definition) is 1. The molecule has 0 radical (unpaired) electrons. The minimum absolute atomic E-state index is 0.239. The minimum Gasteiger partial charge on any atom is -0.461 e. The molecule has 0 unspecified atom stereocenters. The van der Waals surface area contributed by atoms with Gasteiger partial charge in [-0.25, -0.2) is 0 Å². The Hall–Kier alpha value is -2.29. The third-order valence-electron chi connectivity index (χ3n) is 3.19. The molecule has 2 rings (SSSR count). The van der Waals surface area contributed by atoms with E-state index < -0.39 is 0 Å². The van der Waals surface area contributed by atoms with Gasteiger partial charge in [0.1, 0.15) is 6.61 Å². The molecule has 3 nitrogen and oxygen atoms in total. The highest BCUT2D eigenvalue weighted by Gasteiger charge is 2.07. The predicted molar refractivity (Wildman–Crippen MR) is 80.3 cm³/mol. The summed E-state index contributed by atoms with van der Waals surface area (Å²) in [6.07, 6.45) is 0.246. The Balaban J connectivity index is 1.94. The van der Waals surface area contributed by atoms with E-state index in [0.29, 0.717) is 12.3 Å². The van der Waals surface area contributed by atoms with E-state index in [2.05, 4.69) is 0 Å². The molecule has 0 saturated carbocycles. The normalized spacial score (nSPS) is 10.3. The van der Waals surface area contributed by atoms with E-state index in [9.17, 15) is 4.79 Å². The number of carbonyl (C=O) groups is 1. The maximum Gasteiger partial charge on any atom is 0.310 e. The number of ether oxygens (including phenoxy) is 1. The van der Waals surface area contributed by atoms with Gasteiger partial charge in [-0.05, 0) is 42.7 Å². The van der Waals surface area contributed by atoms with E-state index in [-0.39, 0.29) is 12.4 Å². The van der Waals surface area contributed by atoms with Crippen LogP contribution in [0.2, 0.25) is 0 Å². The fourth-order valence-corrected chi connectivity index (χ4v) is 2.03. The zero-order chi connectivity index (χ0) is 14.5. The second kappa shape index (κ2) is 6.24. The van der Waals surface area contributed by atoms with Crippen molar-refractivity contribution in [3.05, 3.63) is 64.7 Å². The van der Waals surface area contributed by atoms with Gasteiger partial charge in [-0.2, -0.15) is 0 Å². The van der Waals surface area contributed by atoms with Crippen molar-refractivity contribution in [1.82, 2.24) is 0 Å². The molecule has 0 heterocycles. The molecular formula is C17H19NO2. The number of esters is 1. The second-order valence-electron chi connectivity index (χ2n) is 5.01. The standard InChI is InChI=1S/C17H19NO2/c1-12-6-7-13(2)15(8-12)11-20-17(19)10-14-4-3-5-16(18)9-14/h3-9H,10-11,18H2,1-2H3. The van der Waals surface area contributed by atoms with Gasteiger partial charge >= 0.3 is 5.97 Å². The number of hydrogen-bond acceptors (Lipinski definition) is 3. The van der Waals surface area contributed by atoms with Crippen molar-refractivity contribution in [3.8, 4) is 0 Å². The maximum absolute atomic E-state index is 11.8. The van der Waals surface area contributed by atoms with Gasteiger partial charge in [0.25, 0.3) is 0 Å². The summed E-state index contributed by atoms with van der Waals surface area (Å²) in [5.41, 5.74) is 10.6. The van der Waals surface area contributed by atoms with E-state index in [1.165, 1.54) is 0 Å². The molecule has 0 aliphatic rings. The monoisotopic (exact) mass is 269 g/mol. The Morgan fingerprint density at radius 3 is 2.70 bits per heavy atom. The first kappa shape index (κ1) is 14.1. The van der Waals surface area contributed by atoms with Gasteiger partial charge in [-0.3, -0.25) is 4.79 Å². The molecule has 0 aromatic heterocycles. The first-order valence-corrected chi connectivity index (χ1v) is 6.61. The summed E-state index contributed by atoms with van der Waals surface area (Å²) in [6, 6.07) is 13.4. The topological polar surface area (TPSA) is 52.3 Å². The molecule has 0 spiro atoms. The third-order valence-corrected chi connectivity index (χ3v) is 3.19. The van der Waals surface area contributed by atoms with Crippen molar-refractivity contribution < 1.29 is 9.53 Å². The van der Waals surface area contributed by atoms with Crippen molar-refractivity contribution in [2.45, 2.75) is 26.9 Å². The molecule has 2 aromatic carbocycles. The van der Waals surface area contributed by atoms with Crippen molar-refractivity contribution in [3.63, 3.8) is 0 Å². The molecule has 20 heavy (non-hydrogen) atoms. The minimum atomic E-state index is -0.239. The number of nitrogens with two attached hydrogens (primary N) is 1. The highest BCUT2D eigenvalue weighted by atomic mass is 16.5. The van der Waals surface area contributed by atoms with Crippen LogP contribution in [0.25, 0.3) is 0 Å². The summed E-state index contributed by atoms with van der Waals surface area (Å²) in [7, 11) is 0. The van der Waals surface area contributed by atoms with Gasteiger partial charge in [0.15, 0.2) is 0 Å². The molecule has 0 aliphatic heterocycles. The van der Waals surface area contributed by atoms with E-state index in [1.54, 1.807) is 12.1 Å². The Bertz CT molecular complexity index is 620. The fourth-order valence-electron chi connectivity index (χ4n) is 2.03. The highest BCUT2D eigenvalue weighted by molar-refractivity contribution is 5.73. The smallest absolute Gasteiger partial charge is 0.310 e. The van der Waals surface area contributed by atoms with Crippen LogP contribution >= 0.6 is 0 Å². The summed E-state index contributed by atoms with van der Waals surface area (Å²) in [5, 5.41) is 0. The Morgan fingerprint density at radius 2 is 1.95 bits per heavy atom. The Morgan fingerprint density at radius 1 is 1.15 bits per heavy atom.